The highest BCUT2D eigenvalue weighted by Gasteiger charge is 2.36. The number of thioether (sulfide) groups is 1. The fourth-order valence-electron chi connectivity index (χ4n) is 4.57. The van der Waals surface area contributed by atoms with E-state index in [0.717, 1.165) is 30.0 Å². The Morgan fingerprint density at radius 2 is 1.95 bits per heavy atom. The van der Waals surface area contributed by atoms with E-state index in [1.54, 1.807) is 17.8 Å². The first-order valence-electron chi connectivity index (χ1n) is 12.0. The molecule has 1 heterocycles. The van der Waals surface area contributed by atoms with E-state index < -0.39 is 10.0 Å². The van der Waals surface area contributed by atoms with Crippen LogP contribution in [0.15, 0.2) is 63.9 Å². The average Bonchev–Trinajstić information content (AvgIpc) is 2.83. The molecule has 0 saturated heterocycles. The number of amides is 1. The summed E-state index contributed by atoms with van der Waals surface area (Å²) in [5.41, 5.74) is 2.64. The number of nitriles is 1. The fraction of sp³-hybridized carbons (Fsp3) is 0.407. The highest BCUT2D eigenvalue weighted by molar-refractivity contribution is 8.03. The van der Waals surface area contributed by atoms with Gasteiger partial charge in [-0.15, -0.1) is 11.8 Å². The summed E-state index contributed by atoms with van der Waals surface area (Å²) in [6.45, 7) is 7.90. The molecule has 0 aliphatic carbocycles. The van der Waals surface area contributed by atoms with E-state index in [2.05, 4.69) is 42.3 Å². The Morgan fingerprint density at radius 1 is 1.24 bits per heavy atom. The van der Waals surface area contributed by atoms with Crippen molar-refractivity contribution in [2.24, 2.45) is 5.14 Å². The summed E-state index contributed by atoms with van der Waals surface area (Å²) in [4.78, 5) is 16.2. The van der Waals surface area contributed by atoms with Crippen LogP contribution in [-0.4, -0.2) is 43.8 Å². The molecule has 2 aromatic rings. The van der Waals surface area contributed by atoms with Gasteiger partial charge in [0, 0.05) is 18.6 Å². The van der Waals surface area contributed by atoms with Gasteiger partial charge >= 0.3 is 0 Å². The first-order valence-corrected chi connectivity index (χ1v) is 14.4. The summed E-state index contributed by atoms with van der Waals surface area (Å²) in [6, 6.07) is 17.0. The SMILES string of the molecule is COc1cc(CC(=O)NC(C)SC2=C(CC#N)C(C)(C)N(Cc3ccccc3)CC2)ccc1S(N)(=O)=O. The largest absolute Gasteiger partial charge is 0.495 e. The van der Waals surface area contributed by atoms with Crippen LogP contribution >= 0.6 is 11.8 Å². The standard InChI is InChI=1S/C27H34N4O4S2/c1-19(30-26(32)17-21-10-11-25(37(29,33)34)23(16-21)35-4)36-24-13-15-31(18-20-8-6-5-7-9-20)27(2,3)22(24)12-14-28/h5-11,16,19H,12-13,15,17-18H2,1-4H3,(H,30,32)(H2,29,33,34). The Labute approximate surface area is 223 Å². The minimum atomic E-state index is -3.93. The maximum absolute atomic E-state index is 12.8. The Bertz CT molecular complexity index is 1300. The zero-order valence-electron chi connectivity index (χ0n) is 21.7. The van der Waals surface area contributed by atoms with Crippen LogP contribution in [0.5, 0.6) is 5.75 Å². The molecule has 0 aromatic heterocycles. The molecular weight excluding hydrogens is 508 g/mol. The van der Waals surface area contributed by atoms with Gasteiger partial charge in [-0.2, -0.15) is 5.26 Å². The molecule has 0 radical (unpaired) electrons. The molecule has 198 valence electrons. The van der Waals surface area contributed by atoms with Gasteiger partial charge in [-0.3, -0.25) is 9.69 Å². The summed E-state index contributed by atoms with van der Waals surface area (Å²) in [5, 5.41) is 17.6. The first kappa shape index (κ1) is 28.7. The van der Waals surface area contributed by atoms with Crippen LogP contribution in [0.2, 0.25) is 0 Å². The molecule has 1 unspecified atom stereocenters. The summed E-state index contributed by atoms with van der Waals surface area (Å²) in [5.74, 6) is -0.0976. The van der Waals surface area contributed by atoms with Crippen molar-refractivity contribution >= 4 is 27.7 Å². The number of benzene rings is 2. The maximum Gasteiger partial charge on any atom is 0.241 e. The van der Waals surface area contributed by atoms with Gasteiger partial charge in [0.1, 0.15) is 10.6 Å². The van der Waals surface area contributed by atoms with Crippen molar-refractivity contribution in [2.75, 3.05) is 13.7 Å². The van der Waals surface area contributed by atoms with Gasteiger partial charge in [0.2, 0.25) is 15.9 Å². The lowest BCUT2D eigenvalue weighted by Crippen LogP contribution is -2.48. The van der Waals surface area contributed by atoms with Gasteiger partial charge in [0.05, 0.1) is 31.4 Å². The van der Waals surface area contributed by atoms with E-state index in [1.807, 2.05) is 25.1 Å². The number of methoxy groups -OCH3 is 1. The third kappa shape index (κ3) is 7.36. The second kappa shape index (κ2) is 12.1. The van der Waals surface area contributed by atoms with E-state index in [-0.39, 0.29) is 33.9 Å². The Balaban J connectivity index is 1.69. The zero-order chi connectivity index (χ0) is 27.2. The number of primary sulfonamides is 1. The van der Waals surface area contributed by atoms with Crippen molar-refractivity contribution in [3.05, 3.63) is 70.1 Å². The predicted octanol–water partition coefficient (Wildman–Crippen LogP) is 3.93. The minimum absolute atomic E-state index is 0.0621. The van der Waals surface area contributed by atoms with Gasteiger partial charge < -0.3 is 10.1 Å². The van der Waals surface area contributed by atoms with E-state index >= 15 is 0 Å². The minimum Gasteiger partial charge on any atom is -0.495 e. The van der Waals surface area contributed by atoms with Crippen LogP contribution < -0.4 is 15.2 Å². The molecule has 1 aliphatic rings. The molecule has 37 heavy (non-hydrogen) atoms. The Morgan fingerprint density at radius 3 is 2.57 bits per heavy atom. The molecule has 0 bridgehead atoms. The highest BCUT2D eigenvalue weighted by atomic mass is 32.2. The molecule has 1 atom stereocenters. The normalized spacial score (nSPS) is 16.6. The molecule has 10 heteroatoms. The Kier molecular flexibility index (Phi) is 9.42. The smallest absolute Gasteiger partial charge is 0.241 e. The van der Waals surface area contributed by atoms with Crippen molar-refractivity contribution < 1.29 is 17.9 Å². The van der Waals surface area contributed by atoms with Crippen LogP contribution in [0.25, 0.3) is 0 Å². The molecule has 1 aliphatic heterocycles. The average molecular weight is 543 g/mol. The quantitative estimate of drug-likeness (QED) is 0.436. The molecule has 0 spiro atoms. The first-order chi connectivity index (χ1) is 17.5. The molecule has 3 rings (SSSR count). The lowest BCUT2D eigenvalue weighted by Gasteiger charge is -2.45. The number of nitrogens with one attached hydrogen (secondary N) is 1. The number of carbonyl (C=O) groups excluding carboxylic acids is 1. The molecule has 8 nitrogen and oxygen atoms in total. The molecule has 1 amide bonds. The third-order valence-corrected chi connectivity index (χ3v) is 8.69. The lowest BCUT2D eigenvalue weighted by atomic mass is 9.85. The zero-order valence-corrected chi connectivity index (χ0v) is 23.3. The fourth-order valence-corrected chi connectivity index (χ4v) is 6.54. The number of sulfonamides is 1. The summed E-state index contributed by atoms with van der Waals surface area (Å²) >= 11 is 1.58. The van der Waals surface area contributed by atoms with Gasteiger partial charge in [-0.1, -0.05) is 36.4 Å². The van der Waals surface area contributed by atoms with Crippen LogP contribution in [0, 0.1) is 11.3 Å². The van der Waals surface area contributed by atoms with E-state index in [4.69, 9.17) is 9.88 Å². The topological polar surface area (TPSA) is 126 Å². The van der Waals surface area contributed by atoms with Gasteiger partial charge in [0.25, 0.3) is 0 Å². The van der Waals surface area contributed by atoms with E-state index in [9.17, 15) is 18.5 Å². The molecule has 0 fully saturated rings. The predicted molar refractivity (Wildman–Crippen MR) is 146 cm³/mol. The second-order valence-electron chi connectivity index (χ2n) is 9.49. The molecule has 3 N–H and O–H groups in total. The van der Waals surface area contributed by atoms with Gasteiger partial charge in [0.15, 0.2) is 0 Å². The van der Waals surface area contributed by atoms with Crippen molar-refractivity contribution in [1.29, 1.82) is 5.26 Å². The summed E-state index contributed by atoms with van der Waals surface area (Å²) < 4.78 is 28.5. The molecule has 0 saturated carbocycles. The van der Waals surface area contributed by atoms with Crippen molar-refractivity contribution in [1.82, 2.24) is 10.2 Å². The van der Waals surface area contributed by atoms with E-state index in [1.165, 1.54) is 24.8 Å². The number of nitrogens with zero attached hydrogens (tertiary/aromatic N) is 2. The number of ether oxygens (including phenoxy) is 1. The van der Waals surface area contributed by atoms with Gasteiger partial charge in [-0.05, 0) is 60.9 Å². The van der Waals surface area contributed by atoms with Crippen LogP contribution in [0.4, 0.5) is 0 Å². The monoisotopic (exact) mass is 542 g/mol. The summed E-state index contributed by atoms with van der Waals surface area (Å²) in [7, 11) is -2.58. The Hall–Kier alpha value is -2.84. The maximum atomic E-state index is 12.8. The highest BCUT2D eigenvalue weighted by Crippen LogP contribution is 2.41. The molecular formula is C27H34N4O4S2. The number of hydrogen-bond donors (Lipinski definition) is 2. The third-order valence-electron chi connectivity index (χ3n) is 6.53. The number of rotatable bonds is 10. The lowest BCUT2D eigenvalue weighted by molar-refractivity contribution is -0.120. The molecule has 2 aromatic carbocycles. The van der Waals surface area contributed by atoms with Crippen LogP contribution in [-0.2, 0) is 27.8 Å². The number of nitrogens with two attached hydrogens (primary N) is 1. The van der Waals surface area contributed by atoms with Crippen LogP contribution in [0.1, 0.15) is 44.7 Å². The number of carbonyl (C=O) groups is 1. The number of hydrogen-bond acceptors (Lipinski definition) is 7. The van der Waals surface area contributed by atoms with Crippen LogP contribution in [0.3, 0.4) is 0 Å². The summed E-state index contributed by atoms with van der Waals surface area (Å²) in [6.07, 6.45) is 1.20. The van der Waals surface area contributed by atoms with Gasteiger partial charge in [-0.25, -0.2) is 13.6 Å². The van der Waals surface area contributed by atoms with E-state index in [0.29, 0.717) is 12.0 Å². The van der Waals surface area contributed by atoms with Crippen molar-refractivity contribution in [3.8, 4) is 11.8 Å². The van der Waals surface area contributed by atoms with Crippen molar-refractivity contribution in [2.45, 2.75) is 62.4 Å². The second-order valence-corrected chi connectivity index (χ2v) is 12.5. The van der Waals surface area contributed by atoms with Crippen molar-refractivity contribution in [3.63, 3.8) is 0 Å².